The van der Waals surface area contributed by atoms with Gasteiger partial charge in [0.05, 0.1) is 34.1 Å². The van der Waals surface area contributed by atoms with E-state index in [-0.39, 0.29) is 11.7 Å². The van der Waals surface area contributed by atoms with E-state index in [1.54, 1.807) is 10.9 Å². The number of carboxylic acid groups (broad SMARTS) is 1. The predicted octanol–water partition coefficient (Wildman–Crippen LogP) is 3.11. The Morgan fingerprint density at radius 3 is 2.96 bits per heavy atom. The van der Waals surface area contributed by atoms with E-state index >= 15 is 0 Å². The number of nitrogens with zero attached hydrogens (tertiary/aromatic N) is 4. The van der Waals surface area contributed by atoms with Gasteiger partial charge in [0.2, 0.25) is 5.16 Å². The first kappa shape index (κ1) is 15.2. The Labute approximate surface area is 145 Å². The number of carbonyl (C=O) groups is 1. The second kappa shape index (κ2) is 5.91. The molecule has 0 amide bonds. The molecular formula is C15H12N4O3S2. The third kappa shape index (κ3) is 2.55. The average Bonchev–Trinajstić information content (AvgIpc) is 3.25. The summed E-state index contributed by atoms with van der Waals surface area (Å²) in [5, 5.41) is 24.5. The second-order valence-electron chi connectivity index (χ2n) is 5.18. The maximum Gasteiger partial charge on any atom is 0.304 e. The van der Waals surface area contributed by atoms with Gasteiger partial charge in [-0.25, -0.2) is 0 Å². The quantitative estimate of drug-likeness (QED) is 0.768. The predicted molar refractivity (Wildman–Crippen MR) is 90.6 cm³/mol. The van der Waals surface area contributed by atoms with E-state index in [1.807, 2.05) is 30.5 Å². The number of hydrogen-bond acceptors (Lipinski definition) is 7. The number of thiophene rings is 1. The summed E-state index contributed by atoms with van der Waals surface area (Å²) in [6.45, 7) is 1.85. The van der Waals surface area contributed by atoms with Gasteiger partial charge in [-0.15, -0.1) is 21.5 Å². The molecule has 0 saturated heterocycles. The van der Waals surface area contributed by atoms with Crippen molar-refractivity contribution in [2.75, 3.05) is 0 Å². The van der Waals surface area contributed by atoms with Gasteiger partial charge in [-0.1, -0.05) is 17.8 Å². The van der Waals surface area contributed by atoms with E-state index in [2.05, 4.69) is 15.3 Å². The summed E-state index contributed by atoms with van der Waals surface area (Å²) in [7, 11) is 0. The van der Waals surface area contributed by atoms with E-state index in [0.29, 0.717) is 11.0 Å². The van der Waals surface area contributed by atoms with Crippen molar-refractivity contribution in [1.29, 1.82) is 0 Å². The SMILES string of the molecule is Cc1occc1-c1nnc2n1N=C(c1cccs1)[C@@H](CC(=O)O)S2. The van der Waals surface area contributed by atoms with Crippen LogP contribution in [0.3, 0.4) is 0 Å². The summed E-state index contributed by atoms with van der Waals surface area (Å²) in [4.78, 5) is 12.2. The van der Waals surface area contributed by atoms with E-state index in [4.69, 9.17) is 4.42 Å². The first-order valence-corrected chi connectivity index (χ1v) is 8.90. The lowest BCUT2D eigenvalue weighted by molar-refractivity contribution is -0.136. The molecule has 3 aromatic rings. The van der Waals surface area contributed by atoms with Crippen LogP contribution in [-0.2, 0) is 4.79 Å². The van der Waals surface area contributed by atoms with Gasteiger partial charge in [-0.2, -0.15) is 9.78 Å². The molecular weight excluding hydrogens is 348 g/mol. The normalized spacial score (nSPS) is 16.7. The van der Waals surface area contributed by atoms with Crippen molar-refractivity contribution in [3.8, 4) is 11.4 Å². The molecule has 9 heteroatoms. The number of aliphatic carboxylic acids is 1. The summed E-state index contributed by atoms with van der Waals surface area (Å²) in [6.07, 6.45) is 1.58. The van der Waals surface area contributed by atoms with Gasteiger partial charge in [0.25, 0.3) is 0 Å². The largest absolute Gasteiger partial charge is 0.481 e. The van der Waals surface area contributed by atoms with Gasteiger partial charge in [-0.3, -0.25) is 4.79 Å². The van der Waals surface area contributed by atoms with Gasteiger partial charge >= 0.3 is 5.97 Å². The molecule has 24 heavy (non-hydrogen) atoms. The van der Waals surface area contributed by atoms with Gasteiger partial charge in [0.15, 0.2) is 5.82 Å². The van der Waals surface area contributed by atoms with Crippen LogP contribution >= 0.6 is 23.1 Å². The van der Waals surface area contributed by atoms with Crippen LogP contribution < -0.4 is 0 Å². The molecule has 0 aliphatic carbocycles. The van der Waals surface area contributed by atoms with Crippen molar-refractivity contribution in [2.24, 2.45) is 5.10 Å². The number of carboxylic acids is 1. The third-order valence-electron chi connectivity index (χ3n) is 3.61. The zero-order valence-electron chi connectivity index (χ0n) is 12.5. The smallest absolute Gasteiger partial charge is 0.304 e. The summed E-state index contributed by atoms with van der Waals surface area (Å²) >= 11 is 2.90. The zero-order valence-corrected chi connectivity index (χ0v) is 14.2. The second-order valence-corrected chi connectivity index (χ2v) is 7.29. The van der Waals surface area contributed by atoms with Crippen LogP contribution in [0.5, 0.6) is 0 Å². The van der Waals surface area contributed by atoms with Crippen molar-refractivity contribution in [3.63, 3.8) is 0 Å². The molecule has 1 aliphatic heterocycles. The Bertz CT molecular complexity index is 927. The lowest BCUT2D eigenvalue weighted by Gasteiger charge is -2.20. The Morgan fingerprint density at radius 1 is 1.42 bits per heavy atom. The van der Waals surface area contributed by atoms with Crippen LogP contribution in [0, 0.1) is 6.92 Å². The van der Waals surface area contributed by atoms with Crippen molar-refractivity contribution in [1.82, 2.24) is 14.9 Å². The van der Waals surface area contributed by atoms with Crippen molar-refractivity contribution >= 4 is 34.8 Å². The molecule has 4 heterocycles. The molecule has 3 aromatic heterocycles. The van der Waals surface area contributed by atoms with Crippen LogP contribution in [0.15, 0.2) is 44.5 Å². The van der Waals surface area contributed by atoms with Crippen molar-refractivity contribution < 1.29 is 14.3 Å². The number of furan rings is 1. The number of aromatic nitrogens is 3. The van der Waals surface area contributed by atoms with Gasteiger partial charge in [0.1, 0.15) is 5.76 Å². The number of rotatable bonds is 4. The zero-order chi connectivity index (χ0) is 16.7. The van der Waals surface area contributed by atoms with Gasteiger partial charge in [-0.05, 0) is 24.4 Å². The highest BCUT2D eigenvalue weighted by Crippen LogP contribution is 2.36. The fraction of sp³-hybridized carbons (Fsp3) is 0.200. The third-order valence-corrected chi connectivity index (χ3v) is 5.64. The Morgan fingerprint density at radius 2 is 2.29 bits per heavy atom. The monoisotopic (exact) mass is 360 g/mol. The number of thioether (sulfide) groups is 1. The van der Waals surface area contributed by atoms with Crippen LogP contribution in [0.2, 0.25) is 0 Å². The molecule has 0 fully saturated rings. The molecule has 0 unspecified atom stereocenters. The lowest BCUT2D eigenvalue weighted by Crippen LogP contribution is -2.26. The molecule has 1 atom stereocenters. The highest BCUT2D eigenvalue weighted by Gasteiger charge is 2.31. The molecule has 4 rings (SSSR count). The van der Waals surface area contributed by atoms with E-state index in [1.165, 1.54) is 23.1 Å². The topological polar surface area (TPSA) is 93.5 Å². The molecule has 0 saturated carbocycles. The fourth-order valence-electron chi connectivity index (χ4n) is 2.50. The van der Waals surface area contributed by atoms with Crippen LogP contribution in [-0.4, -0.2) is 36.9 Å². The van der Waals surface area contributed by atoms with Crippen LogP contribution in [0.4, 0.5) is 0 Å². The molecule has 122 valence electrons. The molecule has 7 nitrogen and oxygen atoms in total. The number of fused-ring (bicyclic) bond motifs is 1. The standard InChI is InChI=1S/C15H12N4O3S2/c1-8-9(4-5-22-8)14-16-17-15-19(14)18-13(10-3-2-6-23-10)11(24-15)7-12(20)21/h2-6,11H,7H2,1H3,(H,20,21)/t11-/m1/s1. The van der Waals surface area contributed by atoms with E-state index in [0.717, 1.165) is 21.9 Å². The Kier molecular flexibility index (Phi) is 3.73. The minimum atomic E-state index is -0.865. The molecule has 1 N–H and O–H groups in total. The molecule has 0 radical (unpaired) electrons. The molecule has 0 aromatic carbocycles. The van der Waals surface area contributed by atoms with Gasteiger partial charge in [0, 0.05) is 0 Å². The van der Waals surface area contributed by atoms with Crippen molar-refractivity contribution in [3.05, 3.63) is 40.5 Å². The van der Waals surface area contributed by atoms with Crippen LogP contribution in [0.25, 0.3) is 11.4 Å². The minimum absolute atomic E-state index is 0.0195. The summed E-state index contributed by atoms with van der Waals surface area (Å²) < 4.78 is 7.00. The maximum absolute atomic E-state index is 11.2. The highest BCUT2D eigenvalue weighted by atomic mass is 32.2. The van der Waals surface area contributed by atoms with E-state index < -0.39 is 5.97 Å². The molecule has 0 bridgehead atoms. The van der Waals surface area contributed by atoms with Gasteiger partial charge < -0.3 is 9.52 Å². The number of aryl methyl sites for hydroxylation is 1. The van der Waals surface area contributed by atoms with Crippen molar-refractivity contribution in [2.45, 2.75) is 23.8 Å². The number of hydrogen-bond donors (Lipinski definition) is 1. The summed E-state index contributed by atoms with van der Waals surface area (Å²) in [5.41, 5.74) is 1.55. The maximum atomic E-state index is 11.2. The Balaban J connectivity index is 1.83. The average molecular weight is 360 g/mol. The summed E-state index contributed by atoms with van der Waals surface area (Å²) in [5.74, 6) is 0.456. The van der Waals surface area contributed by atoms with E-state index in [9.17, 15) is 9.90 Å². The van der Waals surface area contributed by atoms with Crippen LogP contribution in [0.1, 0.15) is 17.1 Å². The molecule has 1 aliphatic rings. The summed E-state index contributed by atoms with van der Waals surface area (Å²) in [6, 6.07) is 5.69. The Hall–Kier alpha value is -2.39. The lowest BCUT2D eigenvalue weighted by atomic mass is 10.1. The highest BCUT2D eigenvalue weighted by molar-refractivity contribution is 8.00. The first-order chi connectivity index (χ1) is 11.6. The minimum Gasteiger partial charge on any atom is -0.481 e. The molecule has 0 spiro atoms. The fourth-order valence-corrected chi connectivity index (χ4v) is 4.42. The first-order valence-electron chi connectivity index (χ1n) is 7.14.